The van der Waals surface area contributed by atoms with E-state index in [1.165, 1.54) is 0 Å². The van der Waals surface area contributed by atoms with Crippen LogP contribution in [0.2, 0.25) is 0 Å². The molecular weight excluding hydrogens is 256 g/mol. The van der Waals surface area contributed by atoms with Gasteiger partial charge in [-0.05, 0) is 16.3 Å². The van der Waals surface area contributed by atoms with Crippen molar-refractivity contribution in [1.82, 2.24) is 0 Å². The summed E-state index contributed by atoms with van der Waals surface area (Å²) >= 11 is 0. The average molecular weight is 268 g/mol. The summed E-state index contributed by atoms with van der Waals surface area (Å²) in [5.41, 5.74) is -1.53. The minimum absolute atomic E-state index is 0.387. The predicted octanol–water partition coefficient (Wildman–Crippen LogP) is 2.01. The molecule has 3 rings (SSSR count). The Bertz CT molecular complexity index is 755. The van der Waals surface area contributed by atoms with Crippen molar-refractivity contribution >= 4 is 22.3 Å². The normalized spacial score (nSPS) is 22.9. The monoisotopic (exact) mass is 268 g/mol. The van der Waals surface area contributed by atoms with Gasteiger partial charge in [0.25, 0.3) is 0 Å². The van der Waals surface area contributed by atoms with Crippen LogP contribution in [0.25, 0.3) is 10.8 Å². The van der Waals surface area contributed by atoms with Crippen LogP contribution in [-0.2, 0) is 15.2 Å². The van der Waals surface area contributed by atoms with E-state index in [-0.39, 0.29) is 0 Å². The van der Waals surface area contributed by atoms with E-state index in [4.69, 9.17) is 0 Å². The summed E-state index contributed by atoms with van der Waals surface area (Å²) in [4.78, 5) is 23.7. The summed E-state index contributed by atoms with van der Waals surface area (Å²) in [5, 5.41) is 21.6. The number of aliphatic hydroxyl groups is 2. The Hall–Kier alpha value is -2.46. The number of hydrogen-bond donors (Lipinski definition) is 2. The van der Waals surface area contributed by atoms with Crippen LogP contribution in [0.1, 0.15) is 12.0 Å². The van der Waals surface area contributed by atoms with Crippen LogP contribution in [0.5, 0.6) is 0 Å². The molecule has 0 spiro atoms. The average Bonchev–Trinajstić information content (AvgIpc) is 2.45. The van der Waals surface area contributed by atoms with Gasteiger partial charge in [-0.2, -0.15) is 0 Å². The molecule has 0 saturated heterocycles. The fourth-order valence-electron chi connectivity index (χ4n) is 2.55. The van der Waals surface area contributed by atoms with Gasteiger partial charge in [0.1, 0.15) is 0 Å². The molecular formula is C16H12O4. The maximum Gasteiger partial charge on any atom is 0.200 e. The van der Waals surface area contributed by atoms with Crippen molar-refractivity contribution in [3.8, 4) is 0 Å². The molecule has 1 unspecified atom stereocenters. The molecule has 1 atom stereocenters. The first-order valence-electron chi connectivity index (χ1n) is 6.21. The smallest absolute Gasteiger partial charge is 0.200 e. The first-order chi connectivity index (χ1) is 9.52. The van der Waals surface area contributed by atoms with E-state index >= 15 is 0 Å². The largest absolute Gasteiger partial charge is 0.504 e. The minimum Gasteiger partial charge on any atom is -0.504 e. The summed E-state index contributed by atoms with van der Waals surface area (Å²) in [6.45, 7) is 0. The molecule has 4 heteroatoms. The molecule has 0 amide bonds. The van der Waals surface area contributed by atoms with Crippen LogP contribution >= 0.6 is 0 Å². The summed E-state index contributed by atoms with van der Waals surface area (Å²) in [6, 6.07) is 12.5. The molecule has 0 fully saturated rings. The van der Waals surface area contributed by atoms with Crippen LogP contribution in [-0.4, -0.2) is 21.8 Å². The molecule has 4 nitrogen and oxygen atoms in total. The highest BCUT2D eigenvalue weighted by molar-refractivity contribution is 6.12. The molecule has 0 heterocycles. The van der Waals surface area contributed by atoms with E-state index in [1.54, 1.807) is 24.3 Å². The van der Waals surface area contributed by atoms with Crippen molar-refractivity contribution in [2.24, 2.45) is 0 Å². The number of benzene rings is 2. The second kappa shape index (κ2) is 4.28. The molecule has 2 N–H and O–H groups in total. The van der Waals surface area contributed by atoms with E-state index in [9.17, 15) is 19.8 Å². The van der Waals surface area contributed by atoms with Crippen LogP contribution in [0.4, 0.5) is 0 Å². The zero-order valence-electron chi connectivity index (χ0n) is 10.5. The number of ketones is 2. The third-order valence-electron chi connectivity index (χ3n) is 3.61. The minimum atomic E-state index is -1.91. The standard InChI is InChI=1S/C16H12O4/c17-13-8-15(19)16(20,9-14(13)18)12-7-3-5-10-4-1-2-6-11(10)12/h1-8,17,20H,9H2. The van der Waals surface area contributed by atoms with Gasteiger partial charge < -0.3 is 10.2 Å². The molecule has 2 aromatic rings. The Kier molecular flexibility index (Phi) is 2.69. The lowest BCUT2D eigenvalue weighted by molar-refractivity contribution is -0.141. The van der Waals surface area contributed by atoms with Crippen LogP contribution in [0, 0.1) is 0 Å². The lowest BCUT2D eigenvalue weighted by Gasteiger charge is -2.29. The highest BCUT2D eigenvalue weighted by Crippen LogP contribution is 2.35. The van der Waals surface area contributed by atoms with Crippen molar-refractivity contribution in [3.63, 3.8) is 0 Å². The van der Waals surface area contributed by atoms with E-state index < -0.39 is 29.3 Å². The maximum absolute atomic E-state index is 12.1. The Morgan fingerprint density at radius 1 is 1.00 bits per heavy atom. The Labute approximate surface area is 115 Å². The number of Topliss-reactive ketones (excluding diaryl/α,β-unsaturated/α-hetero) is 1. The molecule has 0 bridgehead atoms. The van der Waals surface area contributed by atoms with Gasteiger partial charge in [-0.15, -0.1) is 0 Å². The maximum atomic E-state index is 12.1. The fourth-order valence-corrected chi connectivity index (χ4v) is 2.55. The van der Waals surface area contributed by atoms with Crippen molar-refractivity contribution in [2.45, 2.75) is 12.0 Å². The molecule has 20 heavy (non-hydrogen) atoms. The number of carbonyl (C=O) groups excluding carboxylic acids is 2. The first kappa shape index (κ1) is 12.6. The third-order valence-corrected chi connectivity index (χ3v) is 3.61. The Morgan fingerprint density at radius 3 is 2.50 bits per heavy atom. The number of aliphatic hydroxyl groups excluding tert-OH is 1. The number of hydrogen-bond acceptors (Lipinski definition) is 4. The molecule has 0 aromatic heterocycles. The van der Waals surface area contributed by atoms with Gasteiger partial charge >= 0.3 is 0 Å². The molecule has 0 saturated carbocycles. The molecule has 1 aliphatic carbocycles. The van der Waals surface area contributed by atoms with Gasteiger partial charge in [-0.25, -0.2) is 0 Å². The van der Waals surface area contributed by atoms with Gasteiger partial charge in [-0.1, -0.05) is 42.5 Å². The fraction of sp³-hybridized carbons (Fsp3) is 0.125. The van der Waals surface area contributed by atoms with Crippen LogP contribution < -0.4 is 0 Å². The Morgan fingerprint density at radius 2 is 1.70 bits per heavy atom. The van der Waals surface area contributed by atoms with Crippen molar-refractivity contribution in [2.75, 3.05) is 0 Å². The van der Waals surface area contributed by atoms with E-state index in [1.807, 2.05) is 18.2 Å². The number of allylic oxidation sites excluding steroid dienone is 1. The second-order valence-corrected chi connectivity index (χ2v) is 4.88. The zero-order valence-corrected chi connectivity index (χ0v) is 10.5. The Balaban J connectivity index is 2.25. The van der Waals surface area contributed by atoms with Gasteiger partial charge in [0, 0.05) is 6.08 Å². The summed E-state index contributed by atoms with van der Waals surface area (Å²) < 4.78 is 0. The van der Waals surface area contributed by atoms with Crippen molar-refractivity contribution in [1.29, 1.82) is 0 Å². The molecule has 0 aliphatic heterocycles. The first-order valence-corrected chi connectivity index (χ1v) is 6.21. The van der Waals surface area contributed by atoms with Gasteiger partial charge in [0.2, 0.25) is 5.78 Å². The number of rotatable bonds is 1. The lowest BCUT2D eigenvalue weighted by Crippen LogP contribution is -2.41. The summed E-state index contributed by atoms with van der Waals surface area (Å²) in [5.74, 6) is -1.91. The quantitative estimate of drug-likeness (QED) is 0.829. The molecule has 2 aromatic carbocycles. The van der Waals surface area contributed by atoms with Gasteiger partial charge in [0.15, 0.2) is 17.1 Å². The number of carbonyl (C=O) groups is 2. The van der Waals surface area contributed by atoms with Gasteiger partial charge in [-0.3, -0.25) is 9.59 Å². The van der Waals surface area contributed by atoms with Gasteiger partial charge in [0.05, 0.1) is 6.42 Å². The highest BCUT2D eigenvalue weighted by Gasteiger charge is 2.44. The van der Waals surface area contributed by atoms with Crippen molar-refractivity contribution in [3.05, 3.63) is 59.9 Å². The SMILES string of the molecule is O=C1CC(O)(c2cccc3ccccc23)C(=O)C=C1O. The van der Waals surface area contributed by atoms with Crippen LogP contribution in [0.15, 0.2) is 54.3 Å². The zero-order chi connectivity index (χ0) is 14.3. The topological polar surface area (TPSA) is 74.6 Å². The summed E-state index contributed by atoms with van der Waals surface area (Å²) in [6.07, 6.45) is 0.357. The van der Waals surface area contributed by atoms with Crippen molar-refractivity contribution < 1.29 is 19.8 Å². The van der Waals surface area contributed by atoms with E-state index in [0.29, 0.717) is 10.9 Å². The highest BCUT2D eigenvalue weighted by atomic mass is 16.3. The lowest BCUT2D eigenvalue weighted by atomic mass is 9.79. The second-order valence-electron chi connectivity index (χ2n) is 4.88. The van der Waals surface area contributed by atoms with E-state index in [2.05, 4.69) is 0 Å². The van der Waals surface area contributed by atoms with Crippen LogP contribution in [0.3, 0.4) is 0 Å². The van der Waals surface area contributed by atoms with E-state index in [0.717, 1.165) is 11.5 Å². The third kappa shape index (κ3) is 1.73. The molecule has 1 aliphatic rings. The predicted molar refractivity (Wildman–Crippen MR) is 73.2 cm³/mol. The number of fused-ring (bicyclic) bond motifs is 1. The summed E-state index contributed by atoms with van der Waals surface area (Å²) in [7, 11) is 0. The molecule has 100 valence electrons. The molecule has 0 radical (unpaired) electrons.